The minimum Gasteiger partial charge on any atom is -0.497 e. The maximum absolute atomic E-state index is 13.6. The Kier molecular flexibility index (Phi) is 7.15. The van der Waals surface area contributed by atoms with Crippen LogP contribution in [0.4, 0.5) is 10.5 Å². The molecule has 0 bridgehead atoms. The van der Waals surface area contributed by atoms with Gasteiger partial charge >= 0.3 is 6.09 Å². The highest BCUT2D eigenvalue weighted by Crippen LogP contribution is 2.27. The Labute approximate surface area is 210 Å². The first-order valence-corrected chi connectivity index (χ1v) is 11.9. The van der Waals surface area contributed by atoms with Crippen LogP contribution < -0.4 is 10.1 Å². The van der Waals surface area contributed by atoms with Crippen LogP contribution in [0.3, 0.4) is 0 Å². The number of amides is 3. The molecule has 1 heterocycles. The highest BCUT2D eigenvalue weighted by Gasteiger charge is 2.28. The molecule has 0 atom stereocenters. The van der Waals surface area contributed by atoms with E-state index < -0.39 is 11.7 Å². The number of rotatable bonds is 4. The molecule has 0 spiro atoms. The van der Waals surface area contributed by atoms with Crippen LogP contribution in [-0.4, -0.2) is 66.6 Å². The maximum Gasteiger partial charge on any atom is 0.412 e. The summed E-state index contributed by atoms with van der Waals surface area (Å²) in [5.74, 6) is 0.402. The van der Waals surface area contributed by atoms with E-state index in [0.717, 1.165) is 10.8 Å². The molecule has 0 aliphatic carbocycles. The third-order valence-electron chi connectivity index (χ3n) is 5.94. The van der Waals surface area contributed by atoms with Crippen molar-refractivity contribution in [3.8, 4) is 5.75 Å². The number of carbonyl (C=O) groups is 3. The summed E-state index contributed by atoms with van der Waals surface area (Å²) < 4.78 is 10.6. The number of fused-ring (bicyclic) bond motifs is 1. The topological polar surface area (TPSA) is 88.2 Å². The number of anilines is 1. The van der Waals surface area contributed by atoms with Crippen molar-refractivity contribution >= 4 is 34.4 Å². The molecule has 0 radical (unpaired) electrons. The summed E-state index contributed by atoms with van der Waals surface area (Å²) in [5, 5.41) is 4.54. The lowest BCUT2D eigenvalue weighted by molar-refractivity contribution is 0.0535. The van der Waals surface area contributed by atoms with Gasteiger partial charge in [-0.1, -0.05) is 24.3 Å². The number of methoxy groups -OCH3 is 1. The van der Waals surface area contributed by atoms with Gasteiger partial charge in [0.25, 0.3) is 11.8 Å². The van der Waals surface area contributed by atoms with Crippen molar-refractivity contribution in [2.75, 3.05) is 38.6 Å². The van der Waals surface area contributed by atoms with Crippen molar-refractivity contribution < 1.29 is 23.9 Å². The maximum atomic E-state index is 13.6. The van der Waals surface area contributed by atoms with Crippen LogP contribution in [0.1, 0.15) is 41.5 Å². The Hall–Kier alpha value is -4.07. The van der Waals surface area contributed by atoms with Gasteiger partial charge in [-0.2, -0.15) is 0 Å². The second-order valence-corrected chi connectivity index (χ2v) is 9.68. The minimum atomic E-state index is -0.669. The summed E-state index contributed by atoms with van der Waals surface area (Å²) in [6.07, 6.45) is -0.623. The zero-order valence-electron chi connectivity index (χ0n) is 21.0. The van der Waals surface area contributed by atoms with Crippen LogP contribution in [0.2, 0.25) is 0 Å². The summed E-state index contributed by atoms with van der Waals surface area (Å²) in [6, 6.07) is 18.2. The van der Waals surface area contributed by atoms with Gasteiger partial charge in [0.1, 0.15) is 11.4 Å². The fourth-order valence-corrected chi connectivity index (χ4v) is 4.13. The fourth-order valence-electron chi connectivity index (χ4n) is 4.13. The molecule has 1 aliphatic rings. The van der Waals surface area contributed by atoms with Crippen LogP contribution in [0.25, 0.3) is 10.8 Å². The van der Waals surface area contributed by atoms with Crippen LogP contribution in [0.5, 0.6) is 5.75 Å². The average Bonchev–Trinajstić information content (AvgIpc) is 2.86. The number of nitrogens with zero attached hydrogens (tertiary/aromatic N) is 2. The predicted octanol–water partition coefficient (Wildman–Crippen LogP) is 4.79. The van der Waals surface area contributed by atoms with Gasteiger partial charge < -0.3 is 19.3 Å². The molecule has 3 aromatic carbocycles. The van der Waals surface area contributed by atoms with Gasteiger partial charge in [0.2, 0.25) is 0 Å². The van der Waals surface area contributed by atoms with Crippen molar-refractivity contribution in [1.29, 1.82) is 0 Å². The van der Waals surface area contributed by atoms with E-state index in [2.05, 4.69) is 5.32 Å². The molecular formula is C28H31N3O5. The van der Waals surface area contributed by atoms with Crippen molar-refractivity contribution in [3.05, 3.63) is 71.8 Å². The van der Waals surface area contributed by atoms with Crippen molar-refractivity contribution in [1.82, 2.24) is 9.80 Å². The highest BCUT2D eigenvalue weighted by atomic mass is 16.6. The zero-order chi connectivity index (χ0) is 25.9. The number of ether oxygens (including phenoxy) is 2. The molecule has 1 aliphatic heterocycles. The van der Waals surface area contributed by atoms with Gasteiger partial charge in [0.05, 0.1) is 18.4 Å². The summed E-state index contributed by atoms with van der Waals surface area (Å²) in [5.41, 5.74) is 0.686. The normalized spacial score (nSPS) is 13.9. The average molecular weight is 490 g/mol. The molecule has 188 valence electrons. The summed E-state index contributed by atoms with van der Waals surface area (Å²) in [7, 11) is 1.58. The number of hydrogen-bond donors (Lipinski definition) is 1. The van der Waals surface area contributed by atoms with Gasteiger partial charge in [-0.05, 0) is 67.9 Å². The van der Waals surface area contributed by atoms with Gasteiger partial charge in [-0.3, -0.25) is 14.9 Å². The van der Waals surface area contributed by atoms with E-state index in [1.165, 1.54) is 0 Å². The summed E-state index contributed by atoms with van der Waals surface area (Å²) in [6.45, 7) is 6.96. The first kappa shape index (κ1) is 25.0. The fraction of sp³-hybridized carbons (Fsp3) is 0.321. The Morgan fingerprint density at radius 1 is 0.806 bits per heavy atom. The molecule has 1 saturated heterocycles. The highest BCUT2D eigenvalue weighted by molar-refractivity contribution is 6.07. The lowest BCUT2D eigenvalue weighted by atomic mass is 10.0. The van der Waals surface area contributed by atoms with E-state index in [0.29, 0.717) is 48.7 Å². The molecule has 36 heavy (non-hydrogen) atoms. The third kappa shape index (κ3) is 5.76. The Bertz CT molecular complexity index is 1270. The van der Waals surface area contributed by atoms with Crippen molar-refractivity contribution in [2.45, 2.75) is 26.4 Å². The molecule has 1 fully saturated rings. The van der Waals surface area contributed by atoms with E-state index in [9.17, 15) is 14.4 Å². The Balaban J connectivity index is 1.50. The molecule has 8 nitrogen and oxygen atoms in total. The lowest BCUT2D eigenvalue weighted by Crippen LogP contribution is -2.50. The summed E-state index contributed by atoms with van der Waals surface area (Å²) in [4.78, 5) is 42.4. The second kappa shape index (κ2) is 10.3. The predicted molar refractivity (Wildman–Crippen MR) is 139 cm³/mol. The first-order chi connectivity index (χ1) is 17.1. The number of piperazine rings is 1. The molecule has 8 heteroatoms. The molecule has 3 amide bonds. The smallest absolute Gasteiger partial charge is 0.412 e. The van der Waals surface area contributed by atoms with Crippen molar-refractivity contribution in [2.24, 2.45) is 0 Å². The van der Waals surface area contributed by atoms with E-state index in [1.807, 2.05) is 24.3 Å². The van der Waals surface area contributed by atoms with E-state index in [4.69, 9.17) is 9.47 Å². The van der Waals surface area contributed by atoms with Crippen LogP contribution in [-0.2, 0) is 4.74 Å². The minimum absolute atomic E-state index is 0.0808. The van der Waals surface area contributed by atoms with Gasteiger partial charge in [0.15, 0.2) is 0 Å². The molecule has 4 rings (SSSR count). The van der Waals surface area contributed by atoms with Crippen LogP contribution in [0.15, 0.2) is 60.7 Å². The third-order valence-corrected chi connectivity index (χ3v) is 5.94. The molecule has 3 aromatic rings. The quantitative estimate of drug-likeness (QED) is 0.569. The Morgan fingerprint density at radius 3 is 1.92 bits per heavy atom. The number of hydrogen-bond acceptors (Lipinski definition) is 5. The molecule has 0 unspecified atom stereocenters. The number of carbonyl (C=O) groups excluding carboxylic acids is 3. The van der Waals surface area contributed by atoms with Gasteiger partial charge in [-0.15, -0.1) is 0 Å². The molecule has 0 saturated carbocycles. The first-order valence-electron chi connectivity index (χ1n) is 11.9. The van der Waals surface area contributed by atoms with E-state index in [1.54, 1.807) is 74.1 Å². The monoisotopic (exact) mass is 489 g/mol. The van der Waals surface area contributed by atoms with E-state index in [-0.39, 0.29) is 11.8 Å². The van der Waals surface area contributed by atoms with Crippen molar-refractivity contribution in [3.63, 3.8) is 0 Å². The SMILES string of the molecule is COc1ccc(C(=O)N2CCN(C(=O)c3cc4ccccc4cc3NC(=O)OC(C)(C)C)CC2)cc1. The largest absolute Gasteiger partial charge is 0.497 e. The second-order valence-electron chi connectivity index (χ2n) is 9.68. The molecule has 0 aromatic heterocycles. The van der Waals surface area contributed by atoms with E-state index >= 15 is 0 Å². The van der Waals surface area contributed by atoms with Gasteiger partial charge in [0, 0.05) is 31.7 Å². The zero-order valence-corrected chi connectivity index (χ0v) is 21.0. The molecular weight excluding hydrogens is 458 g/mol. The standard InChI is InChI=1S/C28H31N3O5/c1-28(2,3)36-27(34)29-24-18-21-8-6-5-7-20(21)17-23(24)26(33)31-15-13-30(14-16-31)25(32)19-9-11-22(35-4)12-10-19/h5-12,17-18H,13-16H2,1-4H3,(H,29,34). The molecule has 1 N–H and O–H groups in total. The Morgan fingerprint density at radius 2 is 1.36 bits per heavy atom. The lowest BCUT2D eigenvalue weighted by Gasteiger charge is -2.35. The summed E-state index contributed by atoms with van der Waals surface area (Å²) >= 11 is 0. The van der Waals surface area contributed by atoms with Crippen LogP contribution in [0, 0.1) is 0 Å². The van der Waals surface area contributed by atoms with Gasteiger partial charge in [-0.25, -0.2) is 4.79 Å². The number of benzene rings is 3. The number of nitrogens with one attached hydrogen (secondary N) is 1. The van der Waals surface area contributed by atoms with Crippen LogP contribution >= 0.6 is 0 Å².